The lowest BCUT2D eigenvalue weighted by molar-refractivity contribution is -0.301. The maximum Gasteiger partial charge on any atom is 0.408 e. The molecule has 5 rings (SSSR count). The molecule has 5 saturated heterocycles. The third-order valence-corrected chi connectivity index (χ3v) is 11.1. The van der Waals surface area contributed by atoms with Crippen LogP contribution in [0, 0.1) is 17.3 Å². The van der Waals surface area contributed by atoms with Crippen molar-refractivity contribution in [3.8, 4) is 0 Å². The summed E-state index contributed by atoms with van der Waals surface area (Å²) in [5, 5.41) is 20.2. The number of carbonyl (C=O) groups excluding carboxylic acids is 3. The van der Waals surface area contributed by atoms with Gasteiger partial charge in [-0.15, -0.1) is 0 Å². The average molecular weight is 723 g/mol. The fourth-order valence-corrected chi connectivity index (χ4v) is 8.28. The molecule has 13 nitrogen and oxygen atoms in total. The molecule has 0 aliphatic carbocycles. The summed E-state index contributed by atoms with van der Waals surface area (Å²) in [6.45, 7) is 11.6. The van der Waals surface area contributed by atoms with E-state index in [0.717, 1.165) is 0 Å². The molecule has 0 aromatic heterocycles. The lowest BCUT2D eigenvalue weighted by Crippen LogP contribution is -2.62. The molecule has 1 amide bonds. The molecule has 0 aromatic rings. The minimum atomic E-state index is -4.41. The third kappa shape index (κ3) is 8.58. The van der Waals surface area contributed by atoms with Crippen LogP contribution in [0.4, 0.5) is 18.0 Å². The van der Waals surface area contributed by atoms with Gasteiger partial charge in [0, 0.05) is 31.2 Å². The number of rotatable bonds is 7. The number of ether oxygens (including phenoxy) is 5. The first kappa shape index (κ1) is 40.7. The molecular weight excluding hydrogens is 665 g/mol. The second-order valence-electron chi connectivity index (χ2n) is 15.6. The zero-order chi connectivity index (χ0) is 37.4. The number of alkyl halides is 3. The first-order valence-electron chi connectivity index (χ1n) is 17.7. The molecule has 4 N–H and O–H groups in total. The fourth-order valence-electron chi connectivity index (χ4n) is 8.28. The van der Waals surface area contributed by atoms with Gasteiger partial charge in [-0.3, -0.25) is 9.59 Å². The fraction of sp³-hybridized carbons (Fsp3) is 0.912. The molecule has 0 spiro atoms. The van der Waals surface area contributed by atoms with E-state index in [4.69, 9.17) is 23.7 Å². The van der Waals surface area contributed by atoms with Crippen LogP contribution >= 0.6 is 0 Å². The lowest BCUT2D eigenvalue weighted by Gasteiger charge is -2.49. The summed E-state index contributed by atoms with van der Waals surface area (Å²) in [6, 6.07) is -1.39. The highest BCUT2D eigenvalue weighted by Crippen LogP contribution is 2.43. The van der Waals surface area contributed by atoms with E-state index in [1.54, 1.807) is 32.8 Å². The summed E-state index contributed by atoms with van der Waals surface area (Å²) in [6.07, 6.45) is -9.30. The van der Waals surface area contributed by atoms with Crippen LogP contribution in [-0.4, -0.2) is 134 Å². The van der Waals surface area contributed by atoms with Gasteiger partial charge in [0.2, 0.25) is 0 Å². The zero-order valence-corrected chi connectivity index (χ0v) is 30.7. The monoisotopic (exact) mass is 722 g/mol. The summed E-state index contributed by atoms with van der Waals surface area (Å²) in [5.74, 6) is -2.28. The van der Waals surface area contributed by atoms with Crippen LogP contribution in [-0.2, 0) is 33.3 Å². The molecule has 5 fully saturated rings. The Balaban J connectivity index is 1.72. The Hall–Kier alpha value is -2.08. The number of likely N-dealkylation sites (N-methyl/N-ethyl adjacent to an activating group) is 1. The van der Waals surface area contributed by atoms with E-state index >= 15 is 0 Å². The van der Waals surface area contributed by atoms with Crippen molar-refractivity contribution in [3.05, 3.63) is 0 Å². The highest BCUT2D eigenvalue weighted by Gasteiger charge is 2.58. The largest absolute Gasteiger partial charge is 0.457 e. The van der Waals surface area contributed by atoms with Gasteiger partial charge >= 0.3 is 18.2 Å². The van der Waals surface area contributed by atoms with Crippen LogP contribution in [0.1, 0.15) is 74.1 Å². The summed E-state index contributed by atoms with van der Waals surface area (Å²) < 4.78 is 70.0. The van der Waals surface area contributed by atoms with Crippen LogP contribution in [0.25, 0.3) is 0 Å². The predicted molar refractivity (Wildman–Crippen MR) is 175 cm³/mol. The summed E-state index contributed by atoms with van der Waals surface area (Å²) in [4.78, 5) is 43.0. The van der Waals surface area contributed by atoms with Gasteiger partial charge in [0.05, 0.1) is 30.4 Å². The van der Waals surface area contributed by atoms with Gasteiger partial charge in [0.15, 0.2) is 17.7 Å². The number of hydrogen-bond acceptors (Lipinski definition) is 12. The molecule has 0 radical (unpaired) electrons. The highest BCUT2D eigenvalue weighted by molar-refractivity contribution is 6.04. The number of aliphatic hydroxyl groups is 1. The molecule has 0 saturated carbocycles. The van der Waals surface area contributed by atoms with Crippen LogP contribution < -0.4 is 16.0 Å². The number of ketones is 1. The zero-order valence-electron chi connectivity index (χ0n) is 30.7. The Labute approximate surface area is 293 Å². The van der Waals surface area contributed by atoms with Gasteiger partial charge in [-0.25, -0.2) is 4.79 Å². The van der Waals surface area contributed by atoms with Crippen LogP contribution in [0.15, 0.2) is 0 Å². The summed E-state index contributed by atoms with van der Waals surface area (Å²) in [5.41, 5.74) is -4.03. The molecule has 5 heterocycles. The normalized spacial score (nSPS) is 43.7. The number of hydrogen-bond donors (Lipinski definition) is 4. The van der Waals surface area contributed by atoms with E-state index in [2.05, 4.69) is 16.0 Å². The molecule has 50 heavy (non-hydrogen) atoms. The molecule has 13 atom stereocenters. The number of amides is 1. The van der Waals surface area contributed by atoms with Gasteiger partial charge < -0.3 is 49.6 Å². The topological polar surface area (TPSA) is 157 Å². The van der Waals surface area contributed by atoms with Gasteiger partial charge in [-0.1, -0.05) is 20.8 Å². The standard InChI is InChI=1S/C34H57F3N4O9/c1-10-23-33(7)25(40-30(45)50-33)20(4)39-15-18(2)14-32(6)27(19(3)26(43)31(5,11-12-46-32)29(44)48-23)49-28-24(42)22(41(8)9)13-21(47-28)16-38-17-34(35,36)37/h18-25,27-28,38-39,42H,10-17H2,1-9H3,(H,40,45)/t18-,19+,20-,21+,22+,23-,24-,25-,27-,28+,31-,32+,33-/m1/s1. The van der Waals surface area contributed by atoms with E-state index in [-0.39, 0.29) is 38.0 Å². The molecular formula is C34H57F3N4O9. The predicted octanol–water partition coefficient (Wildman–Crippen LogP) is 2.53. The Kier molecular flexibility index (Phi) is 12.6. The summed E-state index contributed by atoms with van der Waals surface area (Å²) in [7, 11) is 3.50. The second-order valence-corrected chi connectivity index (χ2v) is 15.6. The molecule has 5 aliphatic heterocycles. The van der Waals surface area contributed by atoms with Crippen LogP contribution in [0.3, 0.4) is 0 Å². The Morgan fingerprint density at radius 3 is 2.42 bits per heavy atom. The number of alkyl carbamates (subject to hydrolysis) is 1. The second kappa shape index (κ2) is 15.5. The van der Waals surface area contributed by atoms with Gasteiger partial charge in [0.1, 0.15) is 17.6 Å². The van der Waals surface area contributed by atoms with Gasteiger partial charge in [-0.05, 0) is 79.9 Å². The smallest absolute Gasteiger partial charge is 0.408 e. The molecule has 0 unspecified atom stereocenters. The first-order valence-corrected chi connectivity index (χ1v) is 17.7. The number of fused-ring (bicyclic) bond motifs is 10. The molecule has 5 aliphatic rings. The quantitative estimate of drug-likeness (QED) is 0.225. The number of Topliss-reactive ketones (excluding diaryl/α,β-unsaturated/α-hetero) is 1. The van der Waals surface area contributed by atoms with E-state index in [0.29, 0.717) is 19.4 Å². The van der Waals surface area contributed by atoms with Crippen molar-refractivity contribution in [1.82, 2.24) is 20.9 Å². The van der Waals surface area contributed by atoms with Crippen LogP contribution in [0.5, 0.6) is 0 Å². The third-order valence-electron chi connectivity index (χ3n) is 11.1. The first-order chi connectivity index (χ1) is 23.1. The van der Waals surface area contributed by atoms with E-state index < -0.39 is 95.9 Å². The number of carbonyl (C=O) groups is 3. The maximum atomic E-state index is 14.6. The van der Waals surface area contributed by atoms with E-state index in [1.165, 1.54) is 6.92 Å². The Morgan fingerprint density at radius 2 is 1.80 bits per heavy atom. The van der Waals surface area contributed by atoms with Crippen molar-refractivity contribution >= 4 is 17.8 Å². The number of nitrogens with zero attached hydrogens (tertiary/aromatic N) is 1. The lowest BCUT2D eigenvalue weighted by atomic mass is 9.70. The highest BCUT2D eigenvalue weighted by atomic mass is 19.4. The number of aliphatic hydroxyl groups excluding tert-OH is 1. The van der Waals surface area contributed by atoms with Crippen molar-refractivity contribution in [2.45, 2.75) is 140 Å². The minimum absolute atomic E-state index is 0.00256. The molecule has 2 bridgehead atoms. The van der Waals surface area contributed by atoms with Crippen molar-refractivity contribution in [2.75, 3.05) is 40.3 Å². The van der Waals surface area contributed by atoms with Crippen LogP contribution in [0.2, 0.25) is 0 Å². The van der Waals surface area contributed by atoms with Gasteiger partial charge in [-0.2, -0.15) is 13.2 Å². The summed E-state index contributed by atoms with van der Waals surface area (Å²) >= 11 is 0. The molecule has 16 heteroatoms. The number of halogens is 3. The molecule has 288 valence electrons. The Morgan fingerprint density at radius 1 is 1.12 bits per heavy atom. The van der Waals surface area contributed by atoms with Crippen molar-refractivity contribution in [2.24, 2.45) is 17.3 Å². The van der Waals surface area contributed by atoms with Crippen molar-refractivity contribution in [1.29, 1.82) is 0 Å². The van der Waals surface area contributed by atoms with E-state index in [1.807, 2.05) is 27.7 Å². The Bertz CT molecular complexity index is 1230. The number of esters is 1. The average Bonchev–Trinajstić information content (AvgIpc) is 3.34. The van der Waals surface area contributed by atoms with Crippen molar-refractivity contribution < 1.29 is 56.3 Å². The minimum Gasteiger partial charge on any atom is -0.457 e. The maximum absolute atomic E-state index is 14.6. The molecule has 0 aromatic carbocycles. The van der Waals surface area contributed by atoms with Crippen molar-refractivity contribution in [3.63, 3.8) is 0 Å². The van der Waals surface area contributed by atoms with Gasteiger partial charge in [0.25, 0.3) is 0 Å². The SMILES string of the molecule is CC[C@H]1OC(=O)[C@]2(C)CCO[C@@](C)(C[C@@H](C)CN[C@H](C)[C@H]3NC(=O)O[C@@]31C)[C@H](O[C@@H]1O[C@H](CNCC(F)(F)F)C[C@H](N(C)C)[C@H]1O)[C@@H](C)C2=O. The van der Waals surface area contributed by atoms with E-state index in [9.17, 15) is 32.7 Å². The number of nitrogens with one attached hydrogen (secondary N) is 3.